The van der Waals surface area contributed by atoms with Crippen LogP contribution in [0, 0.1) is 12.7 Å². The van der Waals surface area contributed by atoms with E-state index in [-0.39, 0.29) is 29.6 Å². The molecule has 2 aromatic carbocycles. The summed E-state index contributed by atoms with van der Waals surface area (Å²) in [5, 5.41) is 26.5. The zero-order valence-corrected chi connectivity index (χ0v) is 26.2. The van der Waals surface area contributed by atoms with Crippen LogP contribution in [0.5, 0.6) is 5.75 Å². The lowest BCUT2D eigenvalue weighted by Gasteiger charge is -2.16. The van der Waals surface area contributed by atoms with Gasteiger partial charge in [0.15, 0.2) is 17.2 Å². The molecule has 51 heavy (non-hydrogen) atoms. The number of phenolic OH excluding ortho intramolecular Hbond substituents is 1. The van der Waals surface area contributed by atoms with Gasteiger partial charge in [-0.1, -0.05) is 24.8 Å². The second-order valence-corrected chi connectivity index (χ2v) is 10.8. The maximum atomic E-state index is 13.9. The third kappa shape index (κ3) is 8.60. The van der Waals surface area contributed by atoms with Gasteiger partial charge in [0.25, 0.3) is 5.91 Å². The number of rotatable bonds is 8. The lowest BCUT2D eigenvalue weighted by Crippen LogP contribution is -2.36. The minimum Gasteiger partial charge on any atom is -0.507 e. The van der Waals surface area contributed by atoms with Crippen molar-refractivity contribution in [2.75, 3.05) is 6.61 Å². The number of fused-ring (bicyclic) bond motifs is 2. The van der Waals surface area contributed by atoms with Gasteiger partial charge in [-0.3, -0.25) is 9.59 Å². The zero-order chi connectivity index (χ0) is 37.8. The summed E-state index contributed by atoms with van der Waals surface area (Å²) in [5.41, 5.74) is 0.667. The average Bonchev–Trinajstić information content (AvgIpc) is 3.64. The van der Waals surface area contributed by atoms with E-state index < -0.39 is 65.5 Å². The average molecular weight is 726 g/mol. The first kappa shape index (κ1) is 37.8. The normalized spacial score (nSPS) is 13.8. The minimum absolute atomic E-state index is 0.0944. The molecule has 0 fully saturated rings. The predicted molar refractivity (Wildman–Crippen MR) is 161 cm³/mol. The van der Waals surface area contributed by atoms with Crippen molar-refractivity contribution in [1.29, 1.82) is 0 Å². The molecule has 1 aliphatic rings. The number of hydrogen-bond acceptors (Lipinski definition) is 8. The number of halogens is 7. The molecular weight excluding hydrogens is 699 g/mol. The van der Waals surface area contributed by atoms with Crippen molar-refractivity contribution in [2.45, 2.75) is 44.7 Å². The first-order valence-electron chi connectivity index (χ1n) is 14.6. The number of carboxylic acid groups (broad SMARTS) is 1. The number of ether oxygens (including phenoxy) is 1. The van der Waals surface area contributed by atoms with Crippen LogP contribution in [0.3, 0.4) is 0 Å². The first-order valence-corrected chi connectivity index (χ1v) is 14.6. The molecule has 0 saturated heterocycles. The van der Waals surface area contributed by atoms with Crippen molar-refractivity contribution in [1.82, 2.24) is 25.2 Å². The molecule has 270 valence electrons. The Labute approximate surface area is 282 Å². The third-order valence-electron chi connectivity index (χ3n) is 7.51. The summed E-state index contributed by atoms with van der Waals surface area (Å²) in [6.07, 6.45) is -6.26. The fraction of sp³-hybridized carbons (Fsp3) is 0.250. The highest BCUT2D eigenvalue weighted by molar-refractivity contribution is 5.96. The number of aromatic nitrogens is 3. The summed E-state index contributed by atoms with van der Waals surface area (Å²) in [4.78, 5) is 50.8. The monoisotopic (exact) mass is 725 g/mol. The number of alkyl halides is 6. The summed E-state index contributed by atoms with van der Waals surface area (Å²) in [6, 6.07) is 6.12. The molecule has 2 aromatic heterocycles. The fourth-order valence-electron chi connectivity index (χ4n) is 5.11. The molecule has 0 saturated carbocycles. The van der Waals surface area contributed by atoms with E-state index in [1.54, 1.807) is 12.1 Å². The van der Waals surface area contributed by atoms with Crippen molar-refractivity contribution >= 4 is 29.4 Å². The number of phenols is 1. The molecule has 4 N–H and O–H groups in total. The van der Waals surface area contributed by atoms with Gasteiger partial charge in [-0.05, 0) is 60.2 Å². The van der Waals surface area contributed by atoms with Gasteiger partial charge in [0.05, 0.1) is 23.4 Å². The van der Waals surface area contributed by atoms with Crippen LogP contribution in [-0.4, -0.2) is 61.3 Å². The highest BCUT2D eigenvalue weighted by Crippen LogP contribution is 2.36. The molecule has 0 aliphatic heterocycles. The quantitative estimate of drug-likeness (QED) is 0.108. The third-order valence-corrected chi connectivity index (χ3v) is 7.51. The fourth-order valence-corrected chi connectivity index (χ4v) is 5.11. The number of amides is 2. The largest absolute Gasteiger partial charge is 0.507 e. The van der Waals surface area contributed by atoms with E-state index in [2.05, 4.69) is 22.0 Å². The van der Waals surface area contributed by atoms with Gasteiger partial charge in [-0.2, -0.15) is 31.4 Å². The van der Waals surface area contributed by atoms with E-state index in [0.29, 0.717) is 30.5 Å². The number of nitrogens with zero attached hydrogens (tertiary/aromatic N) is 3. The summed E-state index contributed by atoms with van der Waals surface area (Å²) < 4.78 is 92.4. The van der Waals surface area contributed by atoms with Crippen molar-refractivity contribution in [3.05, 3.63) is 106 Å². The molecule has 4 aromatic rings. The molecule has 1 aliphatic carbocycles. The highest BCUT2D eigenvalue weighted by Gasteiger charge is 2.38. The van der Waals surface area contributed by atoms with Gasteiger partial charge in [0, 0.05) is 12.6 Å². The van der Waals surface area contributed by atoms with Gasteiger partial charge in [0.2, 0.25) is 0 Å². The van der Waals surface area contributed by atoms with Gasteiger partial charge >= 0.3 is 30.2 Å². The first-order chi connectivity index (χ1) is 23.8. The number of carboxylic acids is 1. The Morgan fingerprint density at radius 3 is 2.41 bits per heavy atom. The number of carbonyl (C=O) groups is 4. The number of aromatic hydroxyl groups is 1. The Morgan fingerprint density at radius 1 is 1.10 bits per heavy atom. The Kier molecular flexibility index (Phi) is 11.0. The maximum Gasteiger partial charge on any atom is 0.471 e. The molecule has 5 rings (SSSR count). The Hall–Kier alpha value is -6.01. The maximum absolute atomic E-state index is 13.9. The van der Waals surface area contributed by atoms with Crippen molar-refractivity contribution in [3.8, 4) is 5.75 Å². The SMILES string of the molecule is C=CCOC(=O)c1ccc2c(c1C)CC[C@@H]2NC(=O)c1cc(C(=O)O)nc2c(F)cnn12.O=C(NCc1ccc(C(F)(F)F)c(O)c1)C(F)(F)F. The van der Waals surface area contributed by atoms with E-state index in [1.165, 1.54) is 11.4 Å². The van der Waals surface area contributed by atoms with Crippen LogP contribution in [0.1, 0.15) is 71.6 Å². The summed E-state index contributed by atoms with van der Waals surface area (Å²) in [7, 11) is 0. The Bertz CT molecular complexity index is 2030. The number of nitrogens with one attached hydrogen (secondary N) is 2. The number of aromatic carboxylic acids is 1. The number of hydrogen-bond donors (Lipinski definition) is 4. The molecule has 2 amide bonds. The van der Waals surface area contributed by atoms with Crippen LogP contribution >= 0.6 is 0 Å². The van der Waals surface area contributed by atoms with Crippen molar-refractivity contribution in [3.63, 3.8) is 0 Å². The summed E-state index contributed by atoms with van der Waals surface area (Å²) >= 11 is 0. The van der Waals surface area contributed by atoms with Gasteiger partial charge < -0.3 is 25.6 Å². The van der Waals surface area contributed by atoms with Crippen LogP contribution in [0.25, 0.3) is 5.65 Å². The summed E-state index contributed by atoms with van der Waals surface area (Å²) in [5.74, 6) is -6.62. The van der Waals surface area contributed by atoms with E-state index >= 15 is 0 Å². The van der Waals surface area contributed by atoms with Crippen LogP contribution in [0.2, 0.25) is 0 Å². The number of esters is 1. The highest BCUT2D eigenvalue weighted by atomic mass is 19.4. The van der Waals surface area contributed by atoms with Gasteiger partial charge in [-0.25, -0.2) is 23.5 Å². The molecule has 19 heteroatoms. The zero-order valence-electron chi connectivity index (χ0n) is 26.2. The minimum atomic E-state index is -5.08. The molecule has 0 spiro atoms. The van der Waals surface area contributed by atoms with Crippen LogP contribution in [0.15, 0.2) is 55.3 Å². The Morgan fingerprint density at radius 2 is 1.80 bits per heavy atom. The van der Waals surface area contributed by atoms with Crippen LogP contribution in [-0.2, 0) is 28.7 Å². The van der Waals surface area contributed by atoms with Crippen LogP contribution in [0.4, 0.5) is 30.7 Å². The molecule has 0 unspecified atom stereocenters. The van der Waals surface area contributed by atoms with Crippen LogP contribution < -0.4 is 10.6 Å². The number of benzene rings is 2. The second-order valence-electron chi connectivity index (χ2n) is 10.8. The van der Waals surface area contributed by atoms with E-state index in [4.69, 9.17) is 9.84 Å². The van der Waals surface area contributed by atoms with Gasteiger partial charge in [0.1, 0.15) is 18.1 Å². The van der Waals surface area contributed by atoms with E-state index in [1.807, 2.05) is 6.92 Å². The van der Waals surface area contributed by atoms with Crippen molar-refractivity contribution in [2.24, 2.45) is 0 Å². The lowest BCUT2D eigenvalue weighted by atomic mass is 9.98. The Balaban J connectivity index is 0.000000263. The van der Waals surface area contributed by atoms with E-state index in [9.17, 15) is 55.0 Å². The topological polar surface area (TPSA) is 172 Å². The predicted octanol–water partition coefficient (Wildman–Crippen LogP) is 5.22. The van der Waals surface area contributed by atoms with Crippen molar-refractivity contribution < 1.29 is 64.9 Å². The molecule has 0 bridgehead atoms. The smallest absolute Gasteiger partial charge is 0.471 e. The standard InChI is InChI=1S/C22H19FN4O5.C10H7F6NO2/c1-3-8-32-22(31)13-4-5-14-12(11(13)2)6-7-16(14)26-20(28)18-9-17(21(29)30)25-19-15(23)10-24-27(18)19;11-9(12,13)6-2-1-5(3-7(6)18)4-17-8(19)10(14,15)16/h3-5,9-10,16H,1,6-8H2,2H3,(H,26,28)(H,29,30);1-3,18H,4H2,(H,17,19)/t16-;/m0./s1. The molecule has 12 nitrogen and oxygen atoms in total. The molecular formula is C32H26F7N5O7. The summed E-state index contributed by atoms with van der Waals surface area (Å²) in [6.45, 7) is 4.81. The molecule has 2 heterocycles. The van der Waals surface area contributed by atoms with Gasteiger partial charge in [-0.15, -0.1) is 0 Å². The van der Waals surface area contributed by atoms with E-state index in [0.717, 1.165) is 39.5 Å². The number of carbonyl (C=O) groups excluding carboxylic acids is 3. The molecule has 0 radical (unpaired) electrons. The lowest BCUT2D eigenvalue weighted by molar-refractivity contribution is -0.173. The molecule has 1 atom stereocenters. The second kappa shape index (κ2) is 14.9.